The maximum Gasteiger partial charge on any atom is 0.466 e. The van der Waals surface area contributed by atoms with Crippen LogP contribution in [0, 0.1) is 11.3 Å². The smallest absolute Gasteiger partial charge is 0.319 e. The van der Waals surface area contributed by atoms with Gasteiger partial charge in [0.1, 0.15) is 6.07 Å². The molecule has 3 N–H and O–H groups in total. The predicted molar refractivity (Wildman–Crippen MR) is 58.2 cm³/mol. The summed E-state index contributed by atoms with van der Waals surface area (Å²) in [6.07, 6.45) is 0. The monoisotopic (exact) mass is 325 g/mol. The molecule has 0 aromatic rings. The van der Waals surface area contributed by atoms with Crippen LogP contribution >= 0.6 is 31.8 Å². The molecular formula is C5H15IN2O4P+. The maximum absolute atomic E-state index is 8.88. The molecule has 13 heavy (non-hydrogen) atoms. The summed E-state index contributed by atoms with van der Waals surface area (Å²) in [4.78, 5) is 21.6. The number of nitrogens with zero attached hydrogens (tertiary/aromatic N) is 2. The molecule has 0 amide bonds. The van der Waals surface area contributed by atoms with Gasteiger partial charge in [-0.05, 0) is 0 Å². The normalized spacial score (nSPS) is 10.2. The number of phosphoric acid groups is 1. The van der Waals surface area contributed by atoms with Crippen LogP contribution in [0.2, 0.25) is 0 Å². The second kappa shape index (κ2) is 7.67. The lowest BCUT2D eigenvalue weighted by molar-refractivity contribution is -0.863. The Balaban J connectivity index is -0.000000150. The summed E-state index contributed by atoms with van der Waals surface area (Å²) in [5, 5.41) is 8.14. The minimum absolute atomic E-state index is 0. The first-order chi connectivity index (χ1) is 5.06. The molecule has 0 heterocycles. The average Bonchev–Trinajstić information content (AvgIpc) is 1.54. The Hall–Kier alpha value is 0.290. The molecule has 0 saturated carbocycles. The summed E-state index contributed by atoms with van der Waals surface area (Å²) in [6, 6.07) is 2.08. The second-order valence-corrected chi connectivity index (χ2v) is 4.15. The van der Waals surface area contributed by atoms with E-state index in [2.05, 4.69) is 6.07 Å². The number of quaternary nitrogens is 1. The van der Waals surface area contributed by atoms with Crippen LogP contribution in [0.15, 0.2) is 0 Å². The molecule has 0 unspecified atom stereocenters. The predicted octanol–water partition coefficient (Wildman–Crippen LogP) is -0.0944. The average molecular weight is 325 g/mol. The van der Waals surface area contributed by atoms with Crippen LogP contribution in [-0.2, 0) is 4.57 Å². The molecule has 0 radical (unpaired) electrons. The summed E-state index contributed by atoms with van der Waals surface area (Å²) in [5.41, 5.74) is 0. The Morgan fingerprint density at radius 2 is 1.54 bits per heavy atom. The molecule has 0 bridgehead atoms. The van der Waals surface area contributed by atoms with Crippen molar-refractivity contribution in [2.75, 3.05) is 27.7 Å². The maximum atomic E-state index is 8.88. The van der Waals surface area contributed by atoms with E-state index in [1.54, 1.807) is 0 Å². The van der Waals surface area contributed by atoms with Gasteiger partial charge in [0.05, 0.1) is 21.1 Å². The van der Waals surface area contributed by atoms with E-state index in [-0.39, 0.29) is 24.0 Å². The van der Waals surface area contributed by atoms with Gasteiger partial charge in [-0.1, -0.05) is 0 Å². The number of nitriles is 1. The topological polar surface area (TPSA) is 102 Å². The molecule has 80 valence electrons. The van der Waals surface area contributed by atoms with E-state index >= 15 is 0 Å². The Morgan fingerprint density at radius 3 is 1.54 bits per heavy atom. The van der Waals surface area contributed by atoms with Crippen molar-refractivity contribution in [3.63, 3.8) is 0 Å². The highest BCUT2D eigenvalue weighted by Crippen LogP contribution is 2.25. The molecule has 6 nitrogen and oxygen atoms in total. The SMILES string of the molecule is C[N+](C)(C)CC#N.I.O=P(O)(O)O. The van der Waals surface area contributed by atoms with Gasteiger partial charge in [-0.3, -0.25) is 0 Å². The van der Waals surface area contributed by atoms with Crippen LogP contribution in [0.5, 0.6) is 0 Å². The Bertz CT molecular complexity index is 195. The quantitative estimate of drug-likeness (QED) is 0.271. The third-order valence-electron chi connectivity index (χ3n) is 0.545. The van der Waals surface area contributed by atoms with Gasteiger partial charge >= 0.3 is 7.82 Å². The van der Waals surface area contributed by atoms with Crippen molar-refractivity contribution in [3.8, 4) is 6.07 Å². The van der Waals surface area contributed by atoms with E-state index in [4.69, 9.17) is 24.5 Å². The Labute approximate surface area is 94.6 Å². The molecular weight excluding hydrogens is 310 g/mol. The van der Waals surface area contributed by atoms with Crippen LogP contribution in [0.4, 0.5) is 0 Å². The largest absolute Gasteiger partial charge is 0.466 e. The van der Waals surface area contributed by atoms with Gasteiger partial charge in [0.25, 0.3) is 0 Å². The van der Waals surface area contributed by atoms with Gasteiger partial charge in [-0.2, -0.15) is 5.26 Å². The number of halogens is 1. The van der Waals surface area contributed by atoms with Crippen LogP contribution in [0.25, 0.3) is 0 Å². The molecule has 0 fully saturated rings. The van der Waals surface area contributed by atoms with Gasteiger partial charge < -0.3 is 19.2 Å². The molecule has 0 saturated heterocycles. The molecule has 0 atom stereocenters. The molecule has 0 aliphatic carbocycles. The molecule has 8 heteroatoms. The molecule has 0 rings (SSSR count). The molecule has 0 spiro atoms. The highest BCUT2D eigenvalue weighted by atomic mass is 127. The van der Waals surface area contributed by atoms with Crippen molar-refractivity contribution in [1.29, 1.82) is 5.26 Å². The van der Waals surface area contributed by atoms with Gasteiger partial charge in [0.2, 0.25) is 0 Å². The molecule has 0 aliphatic rings. The van der Waals surface area contributed by atoms with Crippen molar-refractivity contribution >= 4 is 31.8 Å². The number of rotatable bonds is 1. The molecule has 0 aliphatic heterocycles. The fourth-order valence-corrected chi connectivity index (χ4v) is 0.212. The van der Waals surface area contributed by atoms with E-state index < -0.39 is 7.82 Å². The van der Waals surface area contributed by atoms with E-state index in [1.165, 1.54) is 0 Å². The van der Waals surface area contributed by atoms with Crippen molar-refractivity contribution < 1.29 is 23.7 Å². The zero-order valence-corrected chi connectivity index (χ0v) is 10.9. The third-order valence-corrected chi connectivity index (χ3v) is 0.545. The van der Waals surface area contributed by atoms with Gasteiger partial charge in [-0.25, -0.2) is 4.57 Å². The van der Waals surface area contributed by atoms with Gasteiger partial charge in [-0.15, -0.1) is 24.0 Å². The standard InChI is InChI=1S/C5H11N2.HI.H3O4P/c1-7(2,3)5-4-6;;1-5(2,3)4/h5H2,1-3H3;1H;(H3,1,2,3,4)/q+1;;. The van der Waals surface area contributed by atoms with Crippen molar-refractivity contribution in [1.82, 2.24) is 0 Å². The lowest BCUT2D eigenvalue weighted by Gasteiger charge is -2.18. The summed E-state index contributed by atoms with van der Waals surface area (Å²) >= 11 is 0. The Morgan fingerprint density at radius 1 is 1.31 bits per heavy atom. The number of hydrogen-bond donors (Lipinski definition) is 3. The first-order valence-electron chi connectivity index (χ1n) is 3.02. The highest BCUT2D eigenvalue weighted by Gasteiger charge is 2.02. The lowest BCUT2D eigenvalue weighted by atomic mass is 10.6. The second-order valence-electron chi connectivity index (χ2n) is 3.12. The minimum Gasteiger partial charge on any atom is -0.319 e. The first kappa shape index (κ1) is 19.0. The fourth-order valence-electron chi connectivity index (χ4n) is 0.212. The zero-order chi connectivity index (χ0) is 10.4. The van der Waals surface area contributed by atoms with Gasteiger partial charge in [0.15, 0.2) is 6.54 Å². The minimum atomic E-state index is -4.64. The van der Waals surface area contributed by atoms with Crippen LogP contribution in [0.3, 0.4) is 0 Å². The summed E-state index contributed by atoms with van der Waals surface area (Å²) in [5.74, 6) is 0. The zero-order valence-electron chi connectivity index (χ0n) is 7.71. The fraction of sp³-hybridized carbons (Fsp3) is 0.800. The summed E-state index contributed by atoms with van der Waals surface area (Å²) in [7, 11) is 1.33. The Kier molecular flexibility index (Phi) is 11.2. The number of hydrogen-bond acceptors (Lipinski definition) is 2. The van der Waals surface area contributed by atoms with E-state index in [0.29, 0.717) is 6.54 Å². The van der Waals surface area contributed by atoms with Crippen molar-refractivity contribution in [3.05, 3.63) is 0 Å². The van der Waals surface area contributed by atoms with Crippen LogP contribution < -0.4 is 0 Å². The third kappa shape index (κ3) is 70.7. The first-order valence-corrected chi connectivity index (χ1v) is 4.58. The summed E-state index contributed by atoms with van der Waals surface area (Å²) in [6.45, 7) is 0.583. The van der Waals surface area contributed by atoms with Crippen molar-refractivity contribution in [2.24, 2.45) is 0 Å². The lowest BCUT2D eigenvalue weighted by Crippen LogP contribution is -2.34. The van der Waals surface area contributed by atoms with Crippen LogP contribution in [-0.4, -0.2) is 46.9 Å². The molecule has 0 aromatic heterocycles. The molecule has 0 aromatic carbocycles. The van der Waals surface area contributed by atoms with E-state index in [0.717, 1.165) is 4.48 Å². The van der Waals surface area contributed by atoms with E-state index in [9.17, 15) is 0 Å². The van der Waals surface area contributed by atoms with Gasteiger partial charge in [0, 0.05) is 0 Å². The highest BCUT2D eigenvalue weighted by molar-refractivity contribution is 14.0. The van der Waals surface area contributed by atoms with Crippen molar-refractivity contribution in [2.45, 2.75) is 0 Å². The summed E-state index contributed by atoms with van der Waals surface area (Å²) < 4.78 is 9.61. The van der Waals surface area contributed by atoms with E-state index in [1.807, 2.05) is 21.1 Å². The van der Waals surface area contributed by atoms with Crippen LogP contribution in [0.1, 0.15) is 0 Å².